The molecule has 7 heteroatoms. The van der Waals surface area contributed by atoms with Gasteiger partial charge in [0.1, 0.15) is 23.9 Å². The first kappa shape index (κ1) is 26.0. The molecule has 1 aliphatic rings. The van der Waals surface area contributed by atoms with Crippen LogP contribution in [0.25, 0.3) is 5.76 Å². The summed E-state index contributed by atoms with van der Waals surface area (Å²) >= 11 is 0. The maximum absolute atomic E-state index is 13.2. The van der Waals surface area contributed by atoms with E-state index in [4.69, 9.17) is 9.47 Å². The van der Waals surface area contributed by atoms with Gasteiger partial charge in [-0.05, 0) is 82.4 Å². The van der Waals surface area contributed by atoms with Gasteiger partial charge in [-0.25, -0.2) is 0 Å². The lowest BCUT2D eigenvalue weighted by Crippen LogP contribution is -2.32. The monoisotopic (exact) mass is 478 g/mol. The molecule has 2 aromatic rings. The number of carbonyl (C=O) groups excluding carboxylic acids is 2. The van der Waals surface area contributed by atoms with Crippen molar-refractivity contribution in [2.45, 2.75) is 26.3 Å². The number of ketones is 1. The number of likely N-dealkylation sites (tertiary alicyclic amines) is 1. The zero-order valence-corrected chi connectivity index (χ0v) is 20.9. The van der Waals surface area contributed by atoms with Crippen LogP contribution in [-0.2, 0) is 9.59 Å². The van der Waals surface area contributed by atoms with Crippen LogP contribution in [0.5, 0.6) is 11.5 Å². The molecule has 0 saturated carbocycles. The third kappa shape index (κ3) is 5.92. The number of amides is 1. The first-order valence-electron chi connectivity index (χ1n) is 11.8. The fourth-order valence-corrected chi connectivity index (χ4v) is 4.22. The van der Waals surface area contributed by atoms with Gasteiger partial charge in [0.15, 0.2) is 0 Å². The maximum Gasteiger partial charge on any atom is 0.295 e. The molecular formula is C28H34N2O5. The smallest absolute Gasteiger partial charge is 0.295 e. The molecule has 2 aromatic carbocycles. The maximum atomic E-state index is 13.2. The van der Waals surface area contributed by atoms with E-state index in [-0.39, 0.29) is 11.3 Å². The molecule has 0 aliphatic carbocycles. The largest absolute Gasteiger partial charge is 0.507 e. The van der Waals surface area contributed by atoms with E-state index in [2.05, 4.69) is 6.58 Å². The van der Waals surface area contributed by atoms with E-state index >= 15 is 0 Å². The van der Waals surface area contributed by atoms with Gasteiger partial charge in [0.2, 0.25) is 0 Å². The zero-order chi connectivity index (χ0) is 25.5. The highest BCUT2D eigenvalue weighted by Crippen LogP contribution is 2.40. The molecule has 1 fully saturated rings. The van der Waals surface area contributed by atoms with Gasteiger partial charge in [0, 0.05) is 12.1 Å². The SMILES string of the molecule is C=CCOc1ccc([C@@H]2C(=C(O)c3ccc(OCC)cc3C)C(=O)C(=O)N2CCCN(C)C)cc1. The van der Waals surface area contributed by atoms with Crippen LogP contribution < -0.4 is 9.47 Å². The van der Waals surface area contributed by atoms with Crippen molar-refractivity contribution in [2.75, 3.05) is 40.4 Å². The second-order valence-electron chi connectivity index (χ2n) is 8.73. The van der Waals surface area contributed by atoms with E-state index in [1.165, 1.54) is 0 Å². The van der Waals surface area contributed by atoms with Crippen LogP contribution in [0.2, 0.25) is 0 Å². The van der Waals surface area contributed by atoms with Crippen molar-refractivity contribution < 1.29 is 24.2 Å². The molecule has 1 heterocycles. The van der Waals surface area contributed by atoms with Crippen molar-refractivity contribution in [3.05, 3.63) is 77.4 Å². The molecule has 7 nitrogen and oxygen atoms in total. The van der Waals surface area contributed by atoms with Gasteiger partial charge in [-0.2, -0.15) is 0 Å². The van der Waals surface area contributed by atoms with Crippen LogP contribution in [-0.4, -0.2) is 67.0 Å². The second kappa shape index (κ2) is 11.7. The summed E-state index contributed by atoms with van der Waals surface area (Å²) in [4.78, 5) is 29.9. The summed E-state index contributed by atoms with van der Waals surface area (Å²) in [6.07, 6.45) is 2.35. The fourth-order valence-electron chi connectivity index (χ4n) is 4.22. The van der Waals surface area contributed by atoms with Crippen LogP contribution in [0.1, 0.15) is 36.1 Å². The Balaban J connectivity index is 2.07. The predicted molar refractivity (Wildman–Crippen MR) is 137 cm³/mol. The third-order valence-corrected chi connectivity index (χ3v) is 5.87. The first-order chi connectivity index (χ1) is 16.8. The van der Waals surface area contributed by atoms with Crippen molar-refractivity contribution in [1.29, 1.82) is 0 Å². The molecule has 1 N–H and O–H groups in total. The lowest BCUT2D eigenvalue weighted by molar-refractivity contribution is -0.139. The average molecular weight is 479 g/mol. The van der Waals surface area contributed by atoms with E-state index in [0.717, 1.165) is 17.7 Å². The molecular weight excluding hydrogens is 444 g/mol. The number of aryl methyl sites for hydroxylation is 1. The number of rotatable bonds is 11. The summed E-state index contributed by atoms with van der Waals surface area (Å²) in [5, 5.41) is 11.3. The van der Waals surface area contributed by atoms with Gasteiger partial charge in [-0.15, -0.1) is 0 Å². The molecule has 1 atom stereocenters. The lowest BCUT2D eigenvalue weighted by atomic mass is 9.93. The van der Waals surface area contributed by atoms with Crippen molar-refractivity contribution in [3.8, 4) is 11.5 Å². The lowest BCUT2D eigenvalue weighted by Gasteiger charge is -2.26. The Morgan fingerprint density at radius 1 is 1.11 bits per heavy atom. The second-order valence-corrected chi connectivity index (χ2v) is 8.73. The summed E-state index contributed by atoms with van der Waals surface area (Å²) in [5.41, 5.74) is 2.06. The molecule has 186 valence electrons. The highest BCUT2D eigenvalue weighted by atomic mass is 16.5. The first-order valence-corrected chi connectivity index (χ1v) is 11.8. The molecule has 0 bridgehead atoms. The summed E-state index contributed by atoms with van der Waals surface area (Å²) < 4.78 is 11.1. The summed E-state index contributed by atoms with van der Waals surface area (Å²) in [7, 11) is 3.92. The topological polar surface area (TPSA) is 79.3 Å². The minimum atomic E-state index is -0.698. The minimum absolute atomic E-state index is 0.0897. The van der Waals surface area contributed by atoms with Crippen LogP contribution >= 0.6 is 0 Å². The zero-order valence-electron chi connectivity index (χ0n) is 20.9. The number of aliphatic hydroxyl groups is 1. The standard InChI is InChI=1S/C28H34N2O5/c1-6-17-35-21-11-9-20(10-12-21)25-24(27(32)28(33)30(25)16-8-15-29(4)5)26(31)23-14-13-22(34-7-2)18-19(23)3/h6,9-14,18,25,31H,1,7-8,15-17H2,2-5H3/t25-/m1/s1. The Morgan fingerprint density at radius 3 is 2.40 bits per heavy atom. The van der Waals surface area contributed by atoms with E-state index in [0.29, 0.717) is 43.2 Å². The molecule has 0 unspecified atom stereocenters. The molecule has 0 aromatic heterocycles. The number of hydrogen-bond donors (Lipinski definition) is 1. The number of aliphatic hydroxyl groups excluding tert-OH is 1. The van der Waals surface area contributed by atoms with Crippen LogP contribution in [0, 0.1) is 6.92 Å². The fraction of sp³-hybridized carbons (Fsp3) is 0.357. The quantitative estimate of drug-likeness (QED) is 0.224. The van der Waals surface area contributed by atoms with Crippen LogP contribution in [0.4, 0.5) is 0 Å². The number of nitrogens with zero attached hydrogens (tertiary/aromatic N) is 2. The van der Waals surface area contributed by atoms with Gasteiger partial charge in [0.25, 0.3) is 11.7 Å². The Hall–Kier alpha value is -3.58. The van der Waals surface area contributed by atoms with Crippen LogP contribution in [0.15, 0.2) is 60.7 Å². The summed E-state index contributed by atoms with van der Waals surface area (Å²) in [6, 6.07) is 11.8. The highest BCUT2D eigenvalue weighted by molar-refractivity contribution is 6.46. The van der Waals surface area contributed by atoms with Gasteiger partial charge in [-0.1, -0.05) is 24.8 Å². The molecule has 0 spiro atoms. The highest BCUT2D eigenvalue weighted by Gasteiger charge is 2.45. The van der Waals surface area contributed by atoms with E-state index in [1.54, 1.807) is 35.2 Å². The molecule has 3 rings (SSSR count). The number of Topliss-reactive ketones (excluding diaryl/α,β-unsaturated/α-hetero) is 1. The molecule has 1 amide bonds. The third-order valence-electron chi connectivity index (χ3n) is 5.87. The number of benzene rings is 2. The average Bonchev–Trinajstić information content (AvgIpc) is 3.08. The van der Waals surface area contributed by atoms with Gasteiger partial charge < -0.3 is 24.4 Å². The molecule has 0 radical (unpaired) electrons. The van der Waals surface area contributed by atoms with E-state index < -0.39 is 17.7 Å². The van der Waals surface area contributed by atoms with Crippen molar-refractivity contribution in [1.82, 2.24) is 9.80 Å². The van der Waals surface area contributed by atoms with Crippen LogP contribution in [0.3, 0.4) is 0 Å². The molecule has 1 aliphatic heterocycles. The Bertz CT molecular complexity index is 1100. The summed E-state index contributed by atoms with van der Waals surface area (Å²) in [5.74, 6) is -0.141. The van der Waals surface area contributed by atoms with Gasteiger partial charge in [-0.3, -0.25) is 9.59 Å². The normalized spacial score (nSPS) is 17.2. The predicted octanol–water partition coefficient (Wildman–Crippen LogP) is 4.33. The molecule has 35 heavy (non-hydrogen) atoms. The molecule has 1 saturated heterocycles. The van der Waals surface area contributed by atoms with Crippen molar-refractivity contribution in [2.24, 2.45) is 0 Å². The van der Waals surface area contributed by atoms with Gasteiger partial charge >= 0.3 is 0 Å². The van der Waals surface area contributed by atoms with Crippen molar-refractivity contribution >= 4 is 17.4 Å². The van der Waals surface area contributed by atoms with E-state index in [9.17, 15) is 14.7 Å². The minimum Gasteiger partial charge on any atom is -0.507 e. The van der Waals surface area contributed by atoms with E-state index in [1.807, 2.05) is 51.0 Å². The van der Waals surface area contributed by atoms with Gasteiger partial charge in [0.05, 0.1) is 18.2 Å². The number of ether oxygens (including phenoxy) is 2. The Kier molecular flexibility index (Phi) is 8.71. The van der Waals surface area contributed by atoms with Crippen molar-refractivity contribution in [3.63, 3.8) is 0 Å². The summed E-state index contributed by atoms with van der Waals surface area (Å²) in [6.45, 7) is 9.44. The number of hydrogen-bond acceptors (Lipinski definition) is 6. The Labute approximate surface area is 207 Å². The Morgan fingerprint density at radius 2 is 1.80 bits per heavy atom. The number of carbonyl (C=O) groups is 2.